The van der Waals surface area contributed by atoms with Crippen molar-refractivity contribution in [1.82, 2.24) is 4.72 Å². The molecule has 0 radical (unpaired) electrons. The molecular weight excluding hydrogens is 521 g/mol. The van der Waals surface area contributed by atoms with E-state index in [0.717, 1.165) is 18.3 Å². The van der Waals surface area contributed by atoms with E-state index in [1.165, 1.54) is 0 Å². The van der Waals surface area contributed by atoms with Crippen LogP contribution < -0.4 is 4.72 Å². The van der Waals surface area contributed by atoms with Gasteiger partial charge in [-0.3, -0.25) is 0 Å². The van der Waals surface area contributed by atoms with Crippen molar-refractivity contribution >= 4 is 55.2 Å². The quantitative estimate of drug-likeness (QED) is 0.465. The molecule has 0 amide bonds. The standard InChI is InChI=1S/C11H12F3I2NO2S/c1-7-5-9(15)8(10(16)6-7)3-2-4-17-20(18,19)11(12,13)14/h5-6,17H,2-4H2,1H3. The smallest absolute Gasteiger partial charge is 0.207 e. The van der Waals surface area contributed by atoms with Gasteiger partial charge in [-0.2, -0.15) is 13.2 Å². The summed E-state index contributed by atoms with van der Waals surface area (Å²) >= 11 is 4.34. The van der Waals surface area contributed by atoms with E-state index in [-0.39, 0.29) is 6.54 Å². The summed E-state index contributed by atoms with van der Waals surface area (Å²) in [6.07, 6.45) is 0.835. The lowest BCUT2D eigenvalue weighted by molar-refractivity contribution is -0.0447. The van der Waals surface area contributed by atoms with Crippen molar-refractivity contribution in [3.63, 3.8) is 0 Å². The first kappa shape index (κ1) is 18.4. The largest absolute Gasteiger partial charge is 0.511 e. The normalized spacial score (nSPS) is 12.7. The number of halogens is 5. The Morgan fingerprint density at radius 1 is 1.20 bits per heavy atom. The average Bonchev–Trinajstić information content (AvgIpc) is 2.24. The summed E-state index contributed by atoms with van der Waals surface area (Å²) in [6, 6.07) is 3.97. The Morgan fingerprint density at radius 3 is 2.15 bits per heavy atom. The Bertz CT molecular complexity index is 565. The number of benzene rings is 1. The Hall–Kier alpha value is 0.380. The van der Waals surface area contributed by atoms with Crippen molar-refractivity contribution in [2.24, 2.45) is 0 Å². The summed E-state index contributed by atoms with van der Waals surface area (Å²) in [5.41, 5.74) is -3.11. The molecule has 0 bridgehead atoms. The average molecular weight is 533 g/mol. The van der Waals surface area contributed by atoms with Crippen LogP contribution in [0.2, 0.25) is 0 Å². The van der Waals surface area contributed by atoms with Crippen LogP contribution >= 0.6 is 45.2 Å². The Morgan fingerprint density at radius 2 is 1.70 bits per heavy atom. The third kappa shape index (κ3) is 4.98. The number of nitrogens with one attached hydrogen (secondary N) is 1. The van der Waals surface area contributed by atoms with Gasteiger partial charge in [0.15, 0.2) is 0 Å². The van der Waals surface area contributed by atoms with Gasteiger partial charge in [-0.15, -0.1) is 0 Å². The predicted octanol–water partition coefficient (Wildman–Crippen LogP) is 3.58. The minimum atomic E-state index is -5.25. The zero-order valence-corrected chi connectivity index (χ0v) is 15.5. The van der Waals surface area contributed by atoms with Gasteiger partial charge in [-0.05, 0) is 88.2 Å². The van der Waals surface area contributed by atoms with E-state index in [1.807, 2.05) is 19.1 Å². The zero-order chi connectivity index (χ0) is 15.6. The molecule has 0 aliphatic carbocycles. The minimum Gasteiger partial charge on any atom is -0.207 e. The molecule has 1 aromatic rings. The van der Waals surface area contributed by atoms with E-state index in [9.17, 15) is 21.6 Å². The molecule has 0 aromatic heterocycles. The summed E-state index contributed by atoms with van der Waals surface area (Å²) < 4.78 is 61.5. The molecule has 0 aliphatic rings. The van der Waals surface area contributed by atoms with Crippen LogP contribution in [-0.4, -0.2) is 20.5 Å². The fraction of sp³-hybridized carbons (Fsp3) is 0.455. The molecule has 0 saturated heterocycles. The third-order valence-electron chi connectivity index (χ3n) is 2.49. The first-order valence-electron chi connectivity index (χ1n) is 5.55. The van der Waals surface area contributed by atoms with E-state index in [2.05, 4.69) is 45.2 Å². The highest BCUT2D eigenvalue weighted by Crippen LogP contribution is 2.23. The molecule has 0 unspecified atom stereocenters. The van der Waals surface area contributed by atoms with E-state index in [0.29, 0.717) is 12.8 Å². The maximum Gasteiger partial charge on any atom is 0.511 e. The number of hydrogen-bond acceptors (Lipinski definition) is 2. The van der Waals surface area contributed by atoms with Crippen LogP contribution in [0.25, 0.3) is 0 Å². The molecule has 1 aromatic carbocycles. The minimum absolute atomic E-state index is 0.234. The van der Waals surface area contributed by atoms with Crippen molar-refractivity contribution in [3.8, 4) is 0 Å². The van der Waals surface area contributed by atoms with Crippen LogP contribution in [-0.2, 0) is 16.4 Å². The number of aryl methyl sites for hydroxylation is 1. The van der Waals surface area contributed by atoms with Gasteiger partial charge in [-0.1, -0.05) is 0 Å². The molecule has 20 heavy (non-hydrogen) atoms. The fourth-order valence-electron chi connectivity index (χ4n) is 1.52. The van der Waals surface area contributed by atoms with Gasteiger partial charge in [-0.25, -0.2) is 13.1 Å². The number of sulfonamides is 1. The first-order valence-corrected chi connectivity index (χ1v) is 9.19. The lowest BCUT2D eigenvalue weighted by atomic mass is 10.1. The Kier molecular flexibility index (Phi) is 6.54. The molecule has 0 heterocycles. The van der Waals surface area contributed by atoms with Gasteiger partial charge in [0.05, 0.1) is 0 Å². The van der Waals surface area contributed by atoms with Crippen LogP contribution in [0.3, 0.4) is 0 Å². The SMILES string of the molecule is Cc1cc(I)c(CCCNS(=O)(=O)C(F)(F)F)c(I)c1. The van der Waals surface area contributed by atoms with E-state index in [4.69, 9.17) is 0 Å². The summed E-state index contributed by atoms with van der Waals surface area (Å²) in [5, 5.41) is 0. The van der Waals surface area contributed by atoms with Gasteiger partial charge < -0.3 is 0 Å². The van der Waals surface area contributed by atoms with Gasteiger partial charge in [0, 0.05) is 13.7 Å². The maximum absolute atomic E-state index is 12.1. The topological polar surface area (TPSA) is 46.2 Å². The molecule has 1 N–H and O–H groups in total. The maximum atomic E-state index is 12.1. The second-order valence-corrected chi connectivity index (χ2v) is 8.24. The molecule has 1 rings (SSSR count). The Labute approximate surface area is 143 Å². The fourth-order valence-corrected chi connectivity index (χ4v) is 4.72. The number of alkyl halides is 3. The van der Waals surface area contributed by atoms with E-state index in [1.54, 1.807) is 4.72 Å². The van der Waals surface area contributed by atoms with Gasteiger partial charge in [0.1, 0.15) is 0 Å². The van der Waals surface area contributed by atoms with Gasteiger partial charge >= 0.3 is 15.5 Å². The van der Waals surface area contributed by atoms with Crippen LogP contribution in [0.1, 0.15) is 17.5 Å². The lowest BCUT2D eigenvalue weighted by Gasteiger charge is -2.11. The molecule has 0 saturated carbocycles. The van der Waals surface area contributed by atoms with Crippen LogP contribution in [0.15, 0.2) is 12.1 Å². The van der Waals surface area contributed by atoms with Crippen molar-refractivity contribution in [3.05, 3.63) is 30.4 Å². The van der Waals surface area contributed by atoms with E-state index < -0.39 is 15.5 Å². The van der Waals surface area contributed by atoms with Crippen LogP contribution in [0.4, 0.5) is 13.2 Å². The summed E-state index contributed by atoms with van der Waals surface area (Å²) in [5.74, 6) is 0. The van der Waals surface area contributed by atoms with Gasteiger partial charge in [0.2, 0.25) is 0 Å². The molecule has 114 valence electrons. The molecule has 3 nitrogen and oxygen atoms in total. The summed E-state index contributed by atoms with van der Waals surface area (Å²) in [7, 11) is -5.23. The third-order valence-corrected chi connectivity index (χ3v) is 5.60. The lowest BCUT2D eigenvalue weighted by Crippen LogP contribution is -2.37. The monoisotopic (exact) mass is 533 g/mol. The highest BCUT2D eigenvalue weighted by atomic mass is 127. The van der Waals surface area contributed by atoms with Crippen molar-refractivity contribution < 1.29 is 21.6 Å². The Balaban J connectivity index is 2.59. The second kappa shape index (κ2) is 7.09. The second-order valence-electron chi connectivity index (χ2n) is 4.15. The van der Waals surface area contributed by atoms with Crippen LogP contribution in [0.5, 0.6) is 0 Å². The highest BCUT2D eigenvalue weighted by molar-refractivity contribution is 14.1. The van der Waals surface area contributed by atoms with Gasteiger partial charge in [0.25, 0.3) is 0 Å². The van der Waals surface area contributed by atoms with Crippen LogP contribution in [0, 0.1) is 14.1 Å². The molecule has 0 spiro atoms. The van der Waals surface area contributed by atoms with Crippen molar-refractivity contribution in [2.45, 2.75) is 25.3 Å². The summed E-state index contributed by atoms with van der Waals surface area (Å²) in [6.45, 7) is 1.73. The van der Waals surface area contributed by atoms with E-state index >= 15 is 0 Å². The van der Waals surface area contributed by atoms with Crippen molar-refractivity contribution in [1.29, 1.82) is 0 Å². The number of rotatable bonds is 5. The molecular formula is C11H12F3I2NO2S. The molecule has 9 heteroatoms. The highest BCUT2D eigenvalue weighted by Gasteiger charge is 2.45. The van der Waals surface area contributed by atoms with Crippen molar-refractivity contribution in [2.75, 3.05) is 6.54 Å². The number of hydrogen-bond donors (Lipinski definition) is 1. The zero-order valence-electron chi connectivity index (χ0n) is 10.4. The molecule has 0 atom stereocenters. The predicted molar refractivity (Wildman–Crippen MR) is 87.9 cm³/mol. The summed E-state index contributed by atoms with van der Waals surface area (Å²) in [4.78, 5) is 0. The first-order chi connectivity index (χ1) is 9.04. The molecule has 0 aliphatic heterocycles. The molecule has 0 fully saturated rings.